The van der Waals surface area contributed by atoms with Crippen LogP contribution in [0.15, 0.2) is 22.9 Å². The molecule has 2 aromatic rings. The summed E-state index contributed by atoms with van der Waals surface area (Å²) in [5.74, 6) is 0.923. The second kappa shape index (κ2) is 5.36. The van der Waals surface area contributed by atoms with Crippen molar-refractivity contribution in [1.29, 1.82) is 0 Å². The van der Waals surface area contributed by atoms with Gasteiger partial charge in [-0.25, -0.2) is 4.98 Å². The molecule has 0 aliphatic carbocycles. The van der Waals surface area contributed by atoms with E-state index in [9.17, 15) is 0 Å². The number of rotatable bonds is 5. The van der Waals surface area contributed by atoms with Crippen molar-refractivity contribution in [2.45, 2.75) is 32.3 Å². The molecule has 0 aromatic carbocycles. The van der Waals surface area contributed by atoms with E-state index in [2.05, 4.69) is 15.1 Å². The van der Waals surface area contributed by atoms with Crippen LogP contribution in [0.5, 0.6) is 0 Å². The Labute approximate surface area is 112 Å². The van der Waals surface area contributed by atoms with Crippen molar-refractivity contribution in [3.05, 3.63) is 24.2 Å². The molecule has 0 aliphatic heterocycles. The molecule has 0 bridgehead atoms. The summed E-state index contributed by atoms with van der Waals surface area (Å²) in [6, 6.07) is 3.49. The van der Waals surface area contributed by atoms with Crippen LogP contribution in [0.25, 0.3) is 11.6 Å². The van der Waals surface area contributed by atoms with Gasteiger partial charge in [-0.2, -0.15) is 4.98 Å². The Kier molecular flexibility index (Phi) is 3.80. The fraction of sp³-hybridized carbons (Fsp3) is 0.462. The minimum absolute atomic E-state index is 0.373. The Morgan fingerprint density at radius 3 is 2.58 bits per heavy atom. The van der Waals surface area contributed by atoms with Crippen LogP contribution < -0.4 is 5.73 Å². The van der Waals surface area contributed by atoms with E-state index in [1.807, 2.05) is 13.8 Å². The molecular formula is C13H18N4O2. The minimum atomic E-state index is -0.504. The average molecular weight is 262 g/mol. The van der Waals surface area contributed by atoms with Gasteiger partial charge in [-0.3, -0.25) is 0 Å². The summed E-state index contributed by atoms with van der Waals surface area (Å²) in [7, 11) is 1.66. The lowest BCUT2D eigenvalue weighted by Gasteiger charge is -2.25. The fourth-order valence-corrected chi connectivity index (χ4v) is 1.99. The lowest BCUT2D eigenvalue weighted by Crippen LogP contribution is -2.28. The molecule has 2 rings (SSSR count). The summed E-state index contributed by atoms with van der Waals surface area (Å²) < 4.78 is 10.8. The van der Waals surface area contributed by atoms with Crippen LogP contribution in [-0.4, -0.2) is 22.2 Å². The van der Waals surface area contributed by atoms with Crippen molar-refractivity contribution in [3.8, 4) is 11.6 Å². The van der Waals surface area contributed by atoms with Gasteiger partial charge in [-0.05, 0) is 25.0 Å². The largest absolute Gasteiger partial charge is 0.397 e. The highest BCUT2D eigenvalue weighted by Crippen LogP contribution is 2.31. The van der Waals surface area contributed by atoms with Gasteiger partial charge >= 0.3 is 0 Å². The van der Waals surface area contributed by atoms with Crippen LogP contribution >= 0.6 is 0 Å². The van der Waals surface area contributed by atoms with Crippen LogP contribution in [0.3, 0.4) is 0 Å². The zero-order valence-corrected chi connectivity index (χ0v) is 11.4. The van der Waals surface area contributed by atoms with E-state index in [0.717, 1.165) is 12.8 Å². The van der Waals surface area contributed by atoms with E-state index in [4.69, 9.17) is 15.0 Å². The third-order valence-electron chi connectivity index (χ3n) is 3.37. The zero-order chi connectivity index (χ0) is 13.9. The molecule has 2 heterocycles. The standard InChI is InChI=1S/C13H18N4O2/c1-4-13(5-2,18-3)12-16-11(19-17-12)10-7-6-9(14)8-15-10/h6-8H,4-5,14H2,1-3H3. The highest BCUT2D eigenvalue weighted by atomic mass is 16.5. The predicted octanol–water partition coefficient (Wildman–Crippen LogP) is 2.38. The molecule has 6 heteroatoms. The molecule has 2 aromatic heterocycles. The van der Waals surface area contributed by atoms with E-state index in [-0.39, 0.29) is 0 Å². The first-order valence-electron chi connectivity index (χ1n) is 6.26. The van der Waals surface area contributed by atoms with E-state index >= 15 is 0 Å². The highest BCUT2D eigenvalue weighted by Gasteiger charge is 2.33. The maximum atomic E-state index is 5.59. The molecule has 0 unspecified atom stereocenters. The van der Waals surface area contributed by atoms with Crippen molar-refractivity contribution < 1.29 is 9.26 Å². The molecule has 0 fully saturated rings. The monoisotopic (exact) mass is 262 g/mol. The van der Waals surface area contributed by atoms with E-state index < -0.39 is 5.60 Å². The molecule has 102 valence electrons. The fourth-order valence-electron chi connectivity index (χ4n) is 1.99. The zero-order valence-electron chi connectivity index (χ0n) is 11.4. The minimum Gasteiger partial charge on any atom is -0.397 e. The Bertz CT molecular complexity index is 524. The maximum absolute atomic E-state index is 5.59. The molecular weight excluding hydrogens is 244 g/mol. The maximum Gasteiger partial charge on any atom is 0.276 e. The summed E-state index contributed by atoms with van der Waals surface area (Å²) >= 11 is 0. The molecule has 0 amide bonds. The number of nitrogen functional groups attached to an aromatic ring is 1. The topological polar surface area (TPSA) is 87.1 Å². The van der Waals surface area contributed by atoms with Gasteiger partial charge in [0, 0.05) is 7.11 Å². The molecule has 0 radical (unpaired) electrons. The van der Waals surface area contributed by atoms with E-state index in [1.54, 1.807) is 25.4 Å². The van der Waals surface area contributed by atoms with Gasteiger partial charge < -0.3 is 15.0 Å². The number of nitrogens with two attached hydrogens (primary N) is 1. The normalized spacial score (nSPS) is 11.7. The van der Waals surface area contributed by atoms with Crippen molar-refractivity contribution >= 4 is 5.69 Å². The molecule has 6 nitrogen and oxygen atoms in total. The van der Waals surface area contributed by atoms with Gasteiger partial charge in [0.2, 0.25) is 5.82 Å². The SMILES string of the molecule is CCC(CC)(OC)c1noc(-c2ccc(N)cn2)n1. The average Bonchev–Trinajstić information content (AvgIpc) is 2.93. The van der Waals surface area contributed by atoms with E-state index in [0.29, 0.717) is 23.1 Å². The van der Waals surface area contributed by atoms with Crippen molar-refractivity contribution in [1.82, 2.24) is 15.1 Å². The predicted molar refractivity (Wildman–Crippen MR) is 71.2 cm³/mol. The molecule has 0 aliphatic rings. The first kappa shape index (κ1) is 13.5. The van der Waals surface area contributed by atoms with Crippen molar-refractivity contribution in [3.63, 3.8) is 0 Å². The van der Waals surface area contributed by atoms with Gasteiger partial charge in [0.25, 0.3) is 5.89 Å². The van der Waals surface area contributed by atoms with Crippen LogP contribution in [0.4, 0.5) is 5.69 Å². The Morgan fingerprint density at radius 1 is 1.32 bits per heavy atom. The second-order valence-corrected chi connectivity index (χ2v) is 4.31. The third kappa shape index (κ3) is 2.44. The molecule has 2 N–H and O–H groups in total. The van der Waals surface area contributed by atoms with Crippen LogP contribution in [0, 0.1) is 0 Å². The second-order valence-electron chi connectivity index (χ2n) is 4.31. The van der Waals surface area contributed by atoms with Crippen LogP contribution in [-0.2, 0) is 10.3 Å². The Morgan fingerprint density at radius 2 is 2.05 bits per heavy atom. The van der Waals surface area contributed by atoms with Crippen LogP contribution in [0.2, 0.25) is 0 Å². The smallest absolute Gasteiger partial charge is 0.276 e. The lowest BCUT2D eigenvalue weighted by atomic mass is 9.96. The van der Waals surface area contributed by atoms with E-state index in [1.165, 1.54) is 0 Å². The number of pyridine rings is 1. The number of hydrogen-bond donors (Lipinski definition) is 1. The highest BCUT2D eigenvalue weighted by molar-refractivity contribution is 5.50. The lowest BCUT2D eigenvalue weighted by molar-refractivity contribution is -0.0306. The number of ether oxygens (including phenoxy) is 1. The number of anilines is 1. The summed E-state index contributed by atoms with van der Waals surface area (Å²) in [5, 5.41) is 4.02. The number of aromatic nitrogens is 3. The summed E-state index contributed by atoms with van der Waals surface area (Å²) in [6.45, 7) is 4.06. The van der Waals surface area contributed by atoms with Crippen molar-refractivity contribution in [2.75, 3.05) is 12.8 Å². The number of nitrogens with zero attached hydrogens (tertiary/aromatic N) is 3. The van der Waals surface area contributed by atoms with Gasteiger partial charge in [0.1, 0.15) is 11.3 Å². The first-order chi connectivity index (χ1) is 9.15. The van der Waals surface area contributed by atoms with Gasteiger partial charge in [-0.1, -0.05) is 19.0 Å². The summed E-state index contributed by atoms with van der Waals surface area (Å²) in [6.07, 6.45) is 3.10. The van der Waals surface area contributed by atoms with Gasteiger partial charge in [-0.15, -0.1) is 0 Å². The molecule has 0 atom stereocenters. The summed E-state index contributed by atoms with van der Waals surface area (Å²) in [5.41, 5.74) is 6.29. The number of methoxy groups -OCH3 is 1. The van der Waals surface area contributed by atoms with Crippen LogP contribution in [0.1, 0.15) is 32.5 Å². The number of hydrogen-bond acceptors (Lipinski definition) is 6. The molecule has 0 spiro atoms. The Hall–Kier alpha value is -1.95. The Balaban J connectivity index is 2.35. The van der Waals surface area contributed by atoms with Gasteiger partial charge in [0.15, 0.2) is 0 Å². The van der Waals surface area contributed by atoms with Crippen molar-refractivity contribution in [2.24, 2.45) is 0 Å². The third-order valence-corrected chi connectivity index (χ3v) is 3.37. The molecule has 19 heavy (non-hydrogen) atoms. The summed E-state index contributed by atoms with van der Waals surface area (Å²) in [4.78, 5) is 8.55. The first-order valence-corrected chi connectivity index (χ1v) is 6.26. The quantitative estimate of drug-likeness (QED) is 0.890. The van der Waals surface area contributed by atoms with Gasteiger partial charge in [0.05, 0.1) is 11.9 Å². The molecule has 0 saturated carbocycles. The molecule has 0 saturated heterocycles.